The highest BCUT2D eigenvalue weighted by molar-refractivity contribution is 5.98. The summed E-state index contributed by atoms with van der Waals surface area (Å²) >= 11 is 0. The number of anilines is 1. The molecule has 2 N–H and O–H groups in total. The van der Waals surface area contributed by atoms with Crippen molar-refractivity contribution in [1.29, 1.82) is 0 Å². The van der Waals surface area contributed by atoms with E-state index in [0.29, 0.717) is 24.7 Å². The Morgan fingerprint density at radius 3 is 2.46 bits per heavy atom. The quantitative estimate of drug-likeness (QED) is 0.844. The topological polar surface area (TPSA) is 61.4 Å². The molecule has 1 saturated heterocycles. The highest BCUT2D eigenvalue weighted by Crippen LogP contribution is 2.24. The number of likely N-dealkylation sites (tertiary alicyclic amines) is 1. The fourth-order valence-corrected chi connectivity index (χ4v) is 3.03. The summed E-state index contributed by atoms with van der Waals surface area (Å²) in [7, 11) is 1.94. The van der Waals surface area contributed by atoms with Gasteiger partial charge in [-0.3, -0.25) is 9.59 Å². The Hall–Kier alpha value is -1.95. The van der Waals surface area contributed by atoms with Gasteiger partial charge >= 0.3 is 0 Å². The number of amides is 2. The van der Waals surface area contributed by atoms with Gasteiger partial charge in [-0.05, 0) is 57.0 Å². The van der Waals surface area contributed by atoms with Crippen molar-refractivity contribution in [3.63, 3.8) is 0 Å². The van der Waals surface area contributed by atoms with Gasteiger partial charge in [-0.25, -0.2) is 4.39 Å². The molecule has 0 atom stereocenters. The second-order valence-corrected chi connectivity index (χ2v) is 8.03. The van der Waals surface area contributed by atoms with Gasteiger partial charge in [0.05, 0.1) is 5.56 Å². The number of carbonyl (C=O) groups is 2. The molecule has 1 aromatic carbocycles. The van der Waals surface area contributed by atoms with E-state index >= 15 is 0 Å². The molecule has 1 aliphatic heterocycles. The van der Waals surface area contributed by atoms with Crippen LogP contribution in [0.1, 0.15) is 50.4 Å². The zero-order valence-electron chi connectivity index (χ0n) is 16.2. The van der Waals surface area contributed by atoms with E-state index in [9.17, 15) is 14.0 Å². The monoisotopic (exact) mass is 363 g/mol. The Balaban J connectivity index is 2.05. The molecule has 0 bridgehead atoms. The number of nitrogens with one attached hydrogen (secondary N) is 2. The second-order valence-electron chi connectivity index (χ2n) is 8.03. The van der Waals surface area contributed by atoms with E-state index < -0.39 is 11.2 Å². The zero-order chi connectivity index (χ0) is 19.3. The molecule has 0 aliphatic carbocycles. The van der Waals surface area contributed by atoms with Crippen LogP contribution in [0, 0.1) is 17.2 Å². The van der Waals surface area contributed by atoms with E-state index in [2.05, 4.69) is 10.6 Å². The standard InChI is InChI=1S/C20H30FN3O2/c1-20(2,3)19(26)23-15-5-6-17(21)16(13-15)18(25)24-11-8-14(9-12-24)7-10-22-4/h5-6,13-14,22H,7-12H2,1-4H3,(H,23,26). The van der Waals surface area contributed by atoms with E-state index in [0.717, 1.165) is 25.8 Å². The molecule has 1 fully saturated rings. The number of piperidine rings is 1. The molecule has 0 unspecified atom stereocenters. The number of hydrogen-bond acceptors (Lipinski definition) is 3. The largest absolute Gasteiger partial charge is 0.339 e. The third-order valence-corrected chi connectivity index (χ3v) is 4.84. The molecule has 2 rings (SSSR count). The van der Waals surface area contributed by atoms with Crippen LogP contribution >= 0.6 is 0 Å². The SMILES string of the molecule is CNCCC1CCN(C(=O)c2cc(NC(=O)C(C)(C)C)ccc2F)CC1. The number of benzene rings is 1. The zero-order valence-corrected chi connectivity index (χ0v) is 16.2. The van der Waals surface area contributed by atoms with Crippen LogP contribution in [-0.2, 0) is 4.79 Å². The van der Waals surface area contributed by atoms with Gasteiger partial charge in [-0.15, -0.1) is 0 Å². The van der Waals surface area contributed by atoms with Crippen LogP contribution in [0.3, 0.4) is 0 Å². The lowest BCUT2D eigenvalue weighted by atomic mass is 9.93. The van der Waals surface area contributed by atoms with Gasteiger partial charge < -0.3 is 15.5 Å². The van der Waals surface area contributed by atoms with Crippen molar-refractivity contribution in [3.8, 4) is 0 Å². The molecule has 1 aliphatic rings. The first-order chi connectivity index (χ1) is 12.2. The Morgan fingerprint density at radius 2 is 1.88 bits per heavy atom. The van der Waals surface area contributed by atoms with E-state index in [1.165, 1.54) is 18.2 Å². The smallest absolute Gasteiger partial charge is 0.256 e. The lowest BCUT2D eigenvalue weighted by molar-refractivity contribution is -0.123. The maximum absolute atomic E-state index is 14.2. The van der Waals surface area contributed by atoms with E-state index in [-0.39, 0.29) is 17.4 Å². The molecule has 1 heterocycles. The fraction of sp³-hybridized carbons (Fsp3) is 0.600. The van der Waals surface area contributed by atoms with Crippen molar-refractivity contribution in [2.45, 2.75) is 40.0 Å². The average molecular weight is 363 g/mol. The minimum absolute atomic E-state index is 0.0189. The van der Waals surface area contributed by atoms with Gasteiger partial charge in [0.1, 0.15) is 5.82 Å². The summed E-state index contributed by atoms with van der Waals surface area (Å²) in [5, 5.41) is 5.90. The minimum Gasteiger partial charge on any atom is -0.339 e. The van der Waals surface area contributed by atoms with Crippen molar-refractivity contribution in [2.24, 2.45) is 11.3 Å². The molecular formula is C20H30FN3O2. The first-order valence-corrected chi connectivity index (χ1v) is 9.27. The summed E-state index contributed by atoms with van der Waals surface area (Å²) in [6.07, 6.45) is 2.98. The van der Waals surface area contributed by atoms with E-state index in [1.54, 1.807) is 25.7 Å². The number of hydrogen-bond donors (Lipinski definition) is 2. The van der Waals surface area contributed by atoms with Gasteiger partial charge in [0.15, 0.2) is 0 Å². The molecule has 26 heavy (non-hydrogen) atoms. The fourth-order valence-electron chi connectivity index (χ4n) is 3.03. The molecule has 0 radical (unpaired) electrons. The Kier molecular flexibility index (Phi) is 6.75. The first kappa shape index (κ1) is 20.4. The van der Waals surface area contributed by atoms with Crippen molar-refractivity contribution in [3.05, 3.63) is 29.6 Å². The third kappa shape index (κ3) is 5.27. The van der Waals surface area contributed by atoms with Gasteiger partial charge in [-0.1, -0.05) is 20.8 Å². The Bertz CT molecular complexity index is 647. The molecule has 144 valence electrons. The number of halogens is 1. The summed E-state index contributed by atoms with van der Waals surface area (Å²) in [6, 6.07) is 4.17. The van der Waals surface area contributed by atoms with Gasteiger partial charge in [0.25, 0.3) is 5.91 Å². The summed E-state index contributed by atoms with van der Waals surface area (Å²) in [4.78, 5) is 26.6. The van der Waals surface area contributed by atoms with Gasteiger partial charge in [-0.2, -0.15) is 0 Å². The second kappa shape index (κ2) is 8.62. The summed E-state index contributed by atoms with van der Waals surface area (Å²) in [6.45, 7) is 7.67. The van der Waals surface area contributed by atoms with Crippen molar-refractivity contribution >= 4 is 17.5 Å². The van der Waals surface area contributed by atoms with Crippen LogP contribution in [0.5, 0.6) is 0 Å². The highest BCUT2D eigenvalue weighted by Gasteiger charge is 2.26. The lowest BCUT2D eigenvalue weighted by Gasteiger charge is -2.32. The highest BCUT2D eigenvalue weighted by atomic mass is 19.1. The maximum atomic E-state index is 14.2. The predicted molar refractivity (Wildman–Crippen MR) is 102 cm³/mol. The average Bonchev–Trinajstić information content (AvgIpc) is 2.60. The third-order valence-electron chi connectivity index (χ3n) is 4.84. The maximum Gasteiger partial charge on any atom is 0.256 e. The molecule has 1 aromatic rings. The number of carbonyl (C=O) groups excluding carboxylic acids is 2. The molecule has 5 nitrogen and oxygen atoms in total. The molecular weight excluding hydrogens is 333 g/mol. The Labute approximate surface area is 155 Å². The first-order valence-electron chi connectivity index (χ1n) is 9.27. The van der Waals surface area contributed by atoms with Gasteiger partial charge in [0, 0.05) is 24.2 Å². The van der Waals surface area contributed by atoms with Crippen molar-refractivity contribution in [1.82, 2.24) is 10.2 Å². The van der Waals surface area contributed by atoms with Crippen LogP contribution in [0.4, 0.5) is 10.1 Å². The Morgan fingerprint density at radius 1 is 1.23 bits per heavy atom. The predicted octanol–water partition coefficient (Wildman–Crippen LogP) is 3.27. The summed E-state index contributed by atoms with van der Waals surface area (Å²) in [5.74, 6) is -0.427. The summed E-state index contributed by atoms with van der Waals surface area (Å²) in [5.41, 5.74) is -0.0997. The number of nitrogens with zero attached hydrogens (tertiary/aromatic N) is 1. The van der Waals surface area contributed by atoms with Crippen molar-refractivity contribution in [2.75, 3.05) is 32.0 Å². The van der Waals surface area contributed by atoms with Crippen molar-refractivity contribution < 1.29 is 14.0 Å². The lowest BCUT2D eigenvalue weighted by Crippen LogP contribution is -2.39. The molecule has 0 saturated carbocycles. The molecule has 0 aromatic heterocycles. The van der Waals surface area contributed by atoms with Gasteiger partial charge in [0.2, 0.25) is 5.91 Å². The van der Waals surface area contributed by atoms with E-state index in [1.807, 2.05) is 7.05 Å². The van der Waals surface area contributed by atoms with Crippen LogP contribution in [-0.4, -0.2) is 43.4 Å². The molecule has 6 heteroatoms. The molecule has 2 amide bonds. The minimum atomic E-state index is -0.562. The van der Waals surface area contributed by atoms with Crippen LogP contribution in [0.2, 0.25) is 0 Å². The van der Waals surface area contributed by atoms with E-state index in [4.69, 9.17) is 0 Å². The van der Waals surface area contributed by atoms with Crippen LogP contribution in [0.15, 0.2) is 18.2 Å². The normalized spacial score (nSPS) is 15.8. The van der Waals surface area contributed by atoms with Crippen LogP contribution < -0.4 is 10.6 Å². The number of rotatable bonds is 5. The molecule has 0 spiro atoms. The van der Waals surface area contributed by atoms with Crippen LogP contribution in [0.25, 0.3) is 0 Å². The summed E-state index contributed by atoms with van der Waals surface area (Å²) < 4.78 is 14.2.